The van der Waals surface area contributed by atoms with Crippen LogP contribution in [0.15, 0.2) is 12.4 Å². The van der Waals surface area contributed by atoms with Crippen LogP contribution < -0.4 is 5.46 Å². The van der Waals surface area contributed by atoms with Crippen molar-refractivity contribution in [2.24, 2.45) is 5.41 Å². The Morgan fingerprint density at radius 3 is 2.29 bits per heavy atom. The summed E-state index contributed by atoms with van der Waals surface area (Å²) < 4.78 is 11.4. The molecule has 1 aromatic heterocycles. The van der Waals surface area contributed by atoms with Crippen LogP contribution in [0.5, 0.6) is 0 Å². The van der Waals surface area contributed by atoms with Gasteiger partial charge in [-0.05, 0) is 12.8 Å². The molecule has 0 N–H and O–H groups in total. The Hall–Kier alpha value is -0.935. The van der Waals surface area contributed by atoms with E-state index in [1.807, 2.05) is 12.4 Å². The molecule has 90 valence electrons. The summed E-state index contributed by atoms with van der Waals surface area (Å²) in [5, 5.41) is 0. The van der Waals surface area contributed by atoms with Crippen molar-refractivity contribution in [3.05, 3.63) is 18.2 Å². The van der Waals surface area contributed by atoms with Crippen LogP contribution in [0.2, 0.25) is 0 Å². The van der Waals surface area contributed by atoms with Gasteiger partial charge in [0.1, 0.15) is 5.82 Å². The highest BCUT2D eigenvalue weighted by atomic mass is 16.6. The van der Waals surface area contributed by atoms with Crippen LogP contribution in [0.1, 0.15) is 38.4 Å². The van der Waals surface area contributed by atoms with Crippen molar-refractivity contribution in [3.63, 3.8) is 0 Å². The highest BCUT2D eigenvalue weighted by Gasteiger charge is 2.34. The molecule has 2 heterocycles. The third-order valence-corrected chi connectivity index (χ3v) is 3.16. The van der Waals surface area contributed by atoms with E-state index in [9.17, 15) is 0 Å². The largest absolute Gasteiger partial charge is 0.497 e. The lowest BCUT2D eigenvalue weighted by Crippen LogP contribution is -2.47. The van der Waals surface area contributed by atoms with Gasteiger partial charge in [-0.3, -0.25) is 0 Å². The van der Waals surface area contributed by atoms with Crippen LogP contribution in [-0.4, -0.2) is 30.3 Å². The molecule has 1 aromatic rings. The molecule has 2 aliphatic rings. The first-order valence-corrected chi connectivity index (χ1v) is 6.19. The average molecular weight is 232 g/mol. The maximum absolute atomic E-state index is 5.69. The lowest BCUT2D eigenvalue weighted by molar-refractivity contribution is 0.0342. The summed E-state index contributed by atoms with van der Waals surface area (Å²) in [4.78, 5) is 8.76. The highest BCUT2D eigenvalue weighted by molar-refractivity contribution is 6.61. The number of nitrogens with zero attached hydrogens (tertiary/aromatic N) is 2. The Kier molecular flexibility index (Phi) is 2.67. The van der Waals surface area contributed by atoms with Gasteiger partial charge >= 0.3 is 7.12 Å². The predicted octanol–water partition coefficient (Wildman–Crippen LogP) is 1.12. The Bertz CT molecular complexity index is 393. The summed E-state index contributed by atoms with van der Waals surface area (Å²) in [5.74, 6) is 1.56. The first-order chi connectivity index (χ1) is 8.14. The monoisotopic (exact) mass is 232 g/mol. The van der Waals surface area contributed by atoms with Gasteiger partial charge in [0.2, 0.25) is 0 Å². The molecule has 0 aromatic carbocycles. The quantitative estimate of drug-likeness (QED) is 0.717. The summed E-state index contributed by atoms with van der Waals surface area (Å²) in [5.41, 5.74) is 1.02. The fourth-order valence-electron chi connectivity index (χ4n) is 1.91. The molecule has 3 rings (SSSR count). The van der Waals surface area contributed by atoms with Crippen LogP contribution in [0.4, 0.5) is 0 Å². The Morgan fingerprint density at radius 2 is 1.76 bits per heavy atom. The Labute approximate surface area is 102 Å². The van der Waals surface area contributed by atoms with Gasteiger partial charge < -0.3 is 9.31 Å². The summed E-state index contributed by atoms with van der Waals surface area (Å²) in [7, 11) is -0.295. The van der Waals surface area contributed by atoms with Gasteiger partial charge in [0, 0.05) is 42.4 Å². The molecule has 0 spiro atoms. The second-order valence-electron chi connectivity index (χ2n) is 5.77. The fourth-order valence-corrected chi connectivity index (χ4v) is 1.91. The van der Waals surface area contributed by atoms with E-state index < -0.39 is 0 Å². The van der Waals surface area contributed by atoms with E-state index >= 15 is 0 Å². The van der Waals surface area contributed by atoms with Crippen molar-refractivity contribution in [2.75, 3.05) is 13.2 Å². The second kappa shape index (κ2) is 4.07. The van der Waals surface area contributed by atoms with E-state index in [1.54, 1.807) is 0 Å². The van der Waals surface area contributed by atoms with Gasteiger partial charge in [-0.15, -0.1) is 0 Å². The third-order valence-electron chi connectivity index (χ3n) is 3.16. The number of hydrogen-bond donors (Lipinski definition) is 0. The molecule has 4 nitrogen and oxygen atoms in total. The smallest absolute Gasteiger partial charge is 0.407 e. The molecule has 1 aliphatic heterocycles. The van der Waals surface area contributed by atoms with E-state index in [1.165, 1.54) is 12.8 Å². The van der Waals surface area contributed by atoms with Crippen molar-refractivity contribution >= 4 is 12.6 Å². The fraction of sp³-hybridized carbons (Fsp3) is 0.667. The summed E-state index contributed by atoms with van der Waals surface area (Å²) >= 11 is 0. The molecule has 0 amide bonds. The predicted molar refractivity (Wildman–Crippen MR) is 65.1 cm³/mol. The van der Waals surface area contributed by atoms with Crippen molar-refractivity contribution in [1.29, 1.82) is 0 Å². The van der Waals surface area contributed by atoms with E-state index in [-0.39, 0.29) is 12.5 Å². The van der Waals surface area contributed by atoms with Gasteiger partial charge in [-0.25, -0.2) is 9.97 Å². The molecule has 2 fully saturated rings. The number of hydrogen-bond acceptors (Lipinski definition) is 4. The van der Waals surface area contributed by atoms with Crippen molar-refractivity contribution in [3.8, 4) is 0 Å². The Morgan fingerprint density at radius 1 is 1.18 bits per heavy atom. The van der Waals surface area contributed by atoms with Gasteiger partial charge in [0.25, 0.3) is 0 Å². The lowest BCUT2D eigenvalue weighted by Gasteiger charge is -2.32. The standard InChI is InChI=1S/C12H17BN2O2/c1-12(2)7-16-13(17-8-12)10-5-14-11(15-6-10)9-3-4-9/h5-6,9H,3-4,7-8H2,1-2H3. The zero-order chi connectivity index (χ0) is 11.9. The molecular weight excluding hydrogens is 215 g/mol. The normalized spacial score (nSPS) is 23.8. The zero-order valence-corrected chi connectivity index (χ0v) is 10.3. The van der Waals surface area contributed by atoms with Gasteiger partial charge in [0.05, 0.1) is 0 Å². The summed E-state index contributed by atoms with van der Waals surface area (Å²) in [6.45, 7) is 5.69. The molecule has 0 atom stereocenters. The number of aromatic nitrogens is 2. The Balaban J connectivity index is 1.68. The molecule has 1 saturated carbocycles. The van der Waals surface area contributed by atoms with Crippen LogP contribution >= 0.6 is 0 Å². The van der Waals surface area contributed by atoms with Crippen molar-refractivity contribution in [2.45, 2.75) is 32.6 Å². The minimum absolute atomic E-state index is 0.102. The molecule has 0 unspecified atom stereocenters. The lowest BCUT2D eigenvalue weighted by atomic mass is 9.77. The minimum Gasteiger partial charge on any atom is -0.407 e. The van der Waals surface area contributed by atoms with Crippen LogP contribution in [0, 0.1) is 5.41 Å². The maximum atomic E-state index is 5.69. The summed E-state index contributed by atoms with van der Waals surface area (Å²) in [6, 6.07) is 0. The van der Waals surface area contributed by atoms with Gasteiger partial charge in [-0.2, -0.15) is 0 Å². The van der Waals surface area contributed by atoms with Gasteiger partial charge in [-0.1, -0.05) is 13.8 Å². The average Bonchev–Trinajstić information content (AvgIpc) is 3.13. The van der Waals surface area contributed by atoms with E-state index in [2.05, 4.69) is 23.8 Å². The minimum atomic E-state index is -0.295. The summed E-state index contributed by atoms with van der Waals surface area (Å²) in [6.07, 6.45) is 6.13. The molecule has 0 bridgehead atoms. The van der Waals surface area contributed by atoms with Crippen molar-refractivity contribution in [1.82, 2.24) is 9.97 Å². The van der Waals surface area contributed by atoms with Crippen LogP contribution in [0.25, 0.3) is 0 Å². The SMILES string of the molecule is CC1(C)COB(c2cnc(C3CC3)nc2)OC1. The maximum Gasteiger partial charge on any atom is 0.497 e. The van der Waals surface area contributed by atoms with E-state index in [0.717, 1.165) is 11.3 Å². The molecule has 1 saturated heterocycles. The first-order valence-electron chi connectivity index (χ1n) is 6.19. The third kappa shape index (κ3) is 2.50. The molecule has 1 aliphatic carbocycles. The molecule has 5 heteroatoms. The van der Waals surface area contributed by atoms with Gasteiger partial charge in [0.15, 0.2) is 0 Å². The topological polar surface area (TPSA) is 44.2 Å². The van der Waals surface area contributed by atoms with E-state index in [4.69, 9.17) is 9.31 Å². The second-order valence-corrected chi connectivity index (χ2v) is 5.77. The molecular formula is C12H17BN2O2. The zero-order valence-electron chi connectivity index (χ0n) is 10.3. The van der Waals surface area contributed by atoms with Crippen LogP contribution in [-0.2, 0) is 9.31 Å². The van der Waals surface area contributed by atoms with E-state index in [0.29, 0.717) is 19.1 Å². The van der Waals surface area contributed by atoms with Crippen LogP contribution in [0.3, 0.4) is 0 Å². The number of rotatable bonds is 2. The highest BCUT2D eigenvalue weighted by Crippen LogP contribution is 2.37. The van der Waals surface area contributed by atoms with Crippen molar-refractivity contribution < 1.29 is 9.31 Å². The first kappa shape index (κ1) is 11.2. The molecule has 0 radical (unpaired) electrons. The molecule has 17 heavy (non-hydrogen) atoms.